The summed E-state index contributed by atoms with van der Waals surface area (Å²) in [4.78, 5) is 0. The lowest BCUT2D eigenvalue weighted by Gasteiger charge is -2.33. The Kier molecular flexibility index (Phi) is 3.73. The van der Waals surface area contributed by atoms with Crippen molar-refractivity contribution in [1.82, 2.24) is 9.13 Å². The van der Waals surface area contributed by atoms with E-state index in [0.717, 1.165) is 0 Å². The second-order valence-corrected chi connectivity index (χ2v) is 11.4. The van der Waals surface area contributed by atoms with Crippen LogP contribution in [-0.2, 0) is 0 Å². The van der Waals surface area contributed by atoms with Gasteiger partial charge in [-0.2, -0.15) is 0 Å². The van der Waals surface area contributed by atoms with Crippen LogP contribution in [0.3, 0.4) is 0 Å². The predicted molar refractivity (Wildman–Crippen MR) is 170 cm³/mol. The Hall–Kier alpha value is -5.02. The molecule has 0 unspecified atom stereocenters. The van der Waals surface area contributed by atoms with E-state index >= 15 is 0 Å². The highest BCUT2D eigenvalue weighted by molar-refractivity contribution is 7.00. The fourth-order valence-electron chi connectivity index (χ4n) is 7.89. The van der Waals surface area contributed by atoms with Crippen LogP contribution in [0.5, 0.6) is 0 Å². The van der Waals surface area contributed by atoms with E-state index in [1.165, 1.54) is 88.1 Å². The van der Waals surface area contributed by atoms with Gasteiger partial charge in [0, 0.05) is 38.4 Å². The Morgan fingerprint density at radius 1 is 0.500 bits per heavy atom. The molecule has 0 saturated carbocycles. The summed E-state index contributed by atoms with van der Waals surface area (Å²) in [6, 6.07) is 45.1. The van der Waals surface area contributed by atoms with Gasteiger partial charge in [0.05, 0.1) is 16.6 Å². The molecule has 8 aromatic rings. The summed E-state index contributed by atoms with van der Waals surface area (Å²) in [5, 5.41) is 5.36. The van der Waals surface area contributed by atoms with E-state index in [2.05, 4.69) is 137 Å². The SMILES string of the molecule is Cc1cc2c3c4c1c1ccccc1n4-c1ccccc1B3c1cccc3c4cc(-c5ccccc5)ccc4n-2c13. The summed E-state index contributed by atoms with van der Waals surface area (Å²) in [6.07, 6.45) is 0. The van der Waals surface area contributed by atoms with Crippen molar-refractivity contribution in [3.8, 4) is 22.5 Å². The molecule has 2 aromatic heterocycles. The topological polar surface area (TPSA) is 9.86 Å². The summed E-state index contributed by atoms with van der Waals surface area (Å²) in [5.74, 6) is 0. The van der Waals surface area contributed by atoms with E-state index in [-0.39, 0.29) is 6.71 Å². The summed E-state index contributed by atoms with van der Waals surface area (Å²) in [6.45, 7) is 2.49. The normalized spacial score (nSPS) is 13.1. The summed E-state index contributed by atoms with van der Waals surface area (Å²) in [7, 11) is 0. The molecule has 0 fully saturated rings. The molecule has 10 rings (SSSR count). The van der Waals surface area contributed by atoms with E-state index in [9.17, 15) is 0 Å². The van der Waals surface area contributed by atoms with E-state index in [1.54, 1.807) is 0 Å². The fourth-order valence-corrected chi connectivity index (χ4v) is 7.89. The fraction of sp³-hybridized carbons (Fsp3) is 0.0270. The molecule has 0 amide bonds. The first-order valence-corrected chi connectivity index (χ1v) is 14.1. The molecule has 0 bridgehead atoms. The third kappa shape index (κ3) is 2.34. The second kappa shape index (κ2) is 7.14. The number of hydrogen-bond acceptors (Lipinski definition) is 0. The van der Waals surface area contributed by atoms with Crippen LogP contribution < -0.4 is 16.4 Å². The number of aromatic nitrogens is 2. The van der Waals surface area contributed by atoms with E-state index in [4.69, 9.17) is 0 Å². The molecule has 184 valence electrons. The number of hydrogen-bond donors (Lipinski definition) is 0. The lowest BCUT2D eigenvalue weighted by Crippen LogP contribution is -2.59. The molecule has 0 saturated heterocycles. The molecule has 2 nitrogen and oxygen atoms in total. The molecule has 0 spiro atoms. The smallest absolute Gasteiger partial charge is 0.252 e. The molecule has 40 heavy (non-hydrogen) atoms. The zero-order valence-corrected chi connectivity index (χ0v) is 22.0. The standard InChI is InChI=1S/C37H23BN2/c1-22-20-33-35-37-34(22)26-12-5-7-16-30(26)39(37)32-17-8-6-14-28(32)38(35)29-15-9-13-25-27-21-24(23-10-3-2-4-11-23)18-19-31(27)40(33)36(25)29/h2-21H,1H3. The number of fused-ring (bicyclic) bond motifs is 11. The van der Waals surface area contributed by atoms with Crippen molar-refractivity contribution in [3.05, 3.63) is 127 Å². The van der Waals surface area contributed by atoms with Gasteiger partial charge < -0.3 is 9.13 Å². The Bertz CT molecular complexity index is 2390. The van der Waals surface area contributed by atoms with Crippen molar-refractivity contribution in [2.45, 2.75) is 6.92 Å². The van der Waals surface area contributed by atoms with Crippen LogP contribution in [-0.4, -0.2) is 15.8 Å². The quantitative estimate of drug-likeness (QED) is 0.212. The Balaban J connectivity index is 1.43. The van der Waals surface area contributed by atoms with Gasteiger partial charge in [-0.25, -0.2) is 0 Å². The molecular formula is C37H23BN2. The van der Waals surface area contributed by atoms with Crippen molar-refractivity contribution < 1.29 is 0 Å². The minimum atomic E-state index is 0.195. The van der Waals surface area contributed by atoms with E-state index in [0.29, 0.717) is 0 Å². The predicted octanol–water partition coefficient (Wildman–Crippen LogP) is 7.00. The number of aryl methyl sites for hydroxylation is 1. The van der Waals surface area contributed by atoms with Gasteiger partial charge in [-0.15, -0.1) is 0 Å². The third-order valence-corrected chi connectivity index (χ3v) is 9.41. The monoisotopic (exact) mass is 506 g/mol. The Morgan fingerprint density at radius 3 is 2.15 bits per heavy atom. The van der Waals surface area contributed by atoms with E-state index in [1.807, 2.05) is 0 Å². The zero-order valence-electron chi connectivity index (χ0n) is 22.0. The van der Waals surface area contributed by atoms with Crippen molar-refractivity contribution in [1.29, 1.82) is 0 Å². The average Bonchev–Trinajstić information content (AvgIpc) is 3.54. The van der Waals surface area contributed by atoms with Gasteiger partial charge in [0.1, 0.15) is 0 Å². The number of nitrogens with zero attached hydrogens (tertiary/aromatic N) is 2. The lowest BCUT2D eigenvalue weighted by atomic mass is 9.34. The first-order chi connectivity index (χ1) is 19.8. The van der Waals surface area contributed by atoms with Crippen molar-refractivity contribution >= 4 is 66.7 Å². The maximum Gasteiger partial charge on any atom is 0.252 e. The van der Waals surface area contributed by atoms with Gasteiger partial charge in [0.25, 0.3) is 6.71 Å². The summed E-state index contributed by atoms with van der Waals surface area (Å²) in [5.41, 5.74) is 16.0. The van der Waals surface area contributed by atoms with Crippen LogP contribution in [0.1, 0.15) is 5.56 Å². The van der Waals surface area contributed by atoms with Gasteiger partial charge >= 0.3 is 0 Å². The summed E-state index contributed by atoms with van der Waals surface area (Å²) < 4.78 is 5.09. The lowest BCUT2D eigenvalue weighted by molar-refractivity contribution is 1.15. The number of benzene rings is 6. The zero-order chi connectivity index (χ0) is 26.1. The van der Waals surface area contributed by atoms with Crippen molar-refractivity contribution in [2.24, 2.45) is 0 Å². The van der Waals surface area contributed by atoms with Crippen LogP contribution in [0.4, 0.5) is 0 Å². The van der Waals surface area contributed by atoms with Gasteiger partial charge in [-0.3, -0.25) is 0 Å². The van der Waals surface area contributed by atoms with Gasteiger partial charge in [-0.1, -0.05) is 91.0 Å². The van der Waals surface area contributed by atoms with Crippen LogP contribution in [0.2, 0.25) is 0 Å². The highest BCUT2D eigenvalue weighted by Gasteiger charge is 2.40. The second-order valence-electron chi connectivity index (χ2n) is 11.4. The van der Waals surface area contributed by atoms with Crippen molar-refractivity contribution in [2.75, 3.05) is 0 Å². The number of para-hydroxylation sites is 3. The molecule has 0 radical (unpaired) electrons. The molecule has 4 heterocycles. The van der Waals surface area contributed by atoms with Gasteiger partial charge in [-0.05, 0) is 70.3 Å². The first-order valence-electron chi connectivity index (χ1n) is 14.1. The molecule has 6 aromatic carbocycles. The molecular weight excluding hydrogens is 483 g/mol. The minimum Gasteiger partial charge on any atom is -0.310 e. The van der Waals surface area contributed by atoms with Gasteiger partial charge in [0.2, 0.25) is 0 Å². The van der Waals surface area contributed by atoms with E-state index < -0.39 is 0 Å². The Labute approximate surface area is 231 Å². The molecule has 2 aliphatic rings. The minimum absolute atomic E-state index is 0.195. The highest BCUT2D eigenvalue weighted by atomic mass is 15.0. The molecule has 0 atom stereocenters. The average molecular weight is 506 g/mol. The van der Waals surface area contributed by atoms with Crippen LogP contribution in [0, 0.1) is 6.92 Å². The maximum absolute atomic E-state index is 2.56. The van der Waals surface area contributed by atoms with Crippen LogP contribution in [0.25, 0.3) is 66.1 Å². The van der Waals surface area contributed by atoms with Crippen LogP contribution in [0.15, 0.2) is 121 Å². The molecule has 0 N–H and O–H groups in total. The maximum atomic E-state index is 2.56. The van der Waals surface area contributed by atoms with Crippen molar-refractivity contribution in [3.63, 3.8) is 0 Å². The molecule has 2 aliphatic heterocycles. The third-order valence-electron chi connectivity index (χ3n) is 9.41. The Morgan fingerprint density at radius 2 is 1.23 bits per heavy atom. The largest absolute Gasteiger partial charge is 0.310 e. The van der Waals surface area contributed by atoms with Crippen LogP contribution >= 0.6 is 0 Å². The highest BCUT2D eigenvalue weighted by Crippen LogP contribution is 2.41. The number of rotatable bonds is 1. The molecule has 3 heteroatoms. The first kappa shape index (κ1) is 20.9. The molecule has 0 aliphatic carbocycles. The summed E-state index contributed by atoms with van der Waals surface area (Å²) >= 11 is 0. The van der Waals surface area contributed by atoms with Gasteiger partial charge in [0.15, 0.2) is 0 Å².